The van der Waals surface area contributed by atoms with Crippen molar-refractivity contribution in [1.82, 2.24) is 9.37 Å². The van der Waals surface area contributed by atoms with Gasteiger partial charge in [-0.15, -0.1) is 0 Å². The topological polar surface area (TPSA) is 119 Å². The molecule has 2 heterocycles. The lowest BCUT2D eigenvalue weighted by Crippen LogP contribution is -2.62. The van der Waals surface area contributed by atoms with Gasteiger partial charge in [-0.3, -0.25) is 4.79 Å². The summed E-state index contributed by atoms with van der Waals surface area (Å²) >= 11 is 5.96. The summed E-state index contributed by atoms with van der Waals surface area (Å²) in [6.45, 7) is 0.350. The molecule has 1 saturated carbocycles. The Morgan fingerprint density at radius 1 is 0.830 bits per heavy atom. The van der Waals surface area contributed by atoms with Crippen molar-refractivity contribution in [3.8, 4) is 16.9 Å². The molecule has 9 nitrogen and oxygen atoms in total. The van der Waals surface area contributed by atoms with Gasteiger partial charge in [0.2, 0.25) is 6.04 Å². The Labute approximate surface area is 309 Å². The predicted octanol–water partition coefficient (Wildman–Crippen LogP) is 7.62. The summed E-state index contributed by atoms with van der Waals surface area (Å²) in [4.78, 5) is 31.4. The van der Waals surface area contributed by atoms with E-state index in [0.717, 1.165) is 61.3 Å². The van der Waals surface area contributed by atoms with Crippen LogP contribution in [0.5, 0.6) is 5.75 Å². The Hall–Kier alpha value is -3.79. The van der Waals surface area contributed by atoms with E-state index in [-0.39, 0.29) is 24.6 Å². The highest BCUT2D eigenvalue weighted by atomic mass is 35.5. The largest absolute Gasteiger partial charge is 0.493 e. The molecular formula is C37H39ClF5N3O6S. The number of benzene rings is 3. The van der Waals surface area contributed by atoms with Gasteiger partial charge in [0.1, 0.15) is 5.75 Å². The van der Waals surface area contributed by atoms with Gasteiger partial charge in [-0.1, -0.05) is 67.3 Å². The lowest BCUT2D eigenvalue weighted by molar-refractivity contribution is -0.240. The molecule has 16 heteroatoms. The van der Waals surface area contributed by atoms with Crippen LogP contribution in [0, 0.1) is 5.92 Å². The minimum Gasteiger partial charge on any atom is -0.493 e. The first-order chi connectivity index (χ1) is 25.1. The molecule has 2 N–H and O–H groups in total. The van der Waals surface area contributed by atoms with Gasteiger partial charge in [0.25, 0.3) is 15.9 Å². The second-order valence-corrected chi connectivity index (χ2v) is 16.1. The van der Waals surface area contributed by atoms with Gasteiger partial charge in [0.15, 0.2) is 0 Å². The van der Waals surface area contributed by atoms with Crippen LogP contribution in [-0.4, -0.2) is 66.6 Å². The summed E-state index contributed by atoms with van der Waals surface area (Å²) in [6, 6.07) is 10.1. The maximum absolute atomic E-state index is 17.1. The maximum atomic E-state index is 17.1. The summed E-state index contributed by atoms with van der Waals surface area (Å²) < 4.78 is 109. The lowest BCUT2D eigenvalue weighted by Gasteiger charge is -2.42. The zero-order chi connectivity index (χ0) is 38.1. The van der Waals surface area contributed by atoms with Gasteiger partial charge in [0.05, 0.1) is 11.5 Å². The summed E-state index contributed by atoms with van der Waals surface area (Å²) in [6.07, 6.45) is 0.467. The average Bonchev–Trinajstić information content (AvgIpc) is 3.41. The first kappa shape index (κ1) is 38.9. The van der Waals surface area contributed by atoms with Crippen molar-refractivity contribution < 1.29 is 49.5 Å². The molecule has 6 rings (SSSR count). The Morgan fingerprint density at radius 3 is 1.92 bits per heavy atom. The van der Waals surface area contributed by atoms with E-state index in [0.29, 0.717) is 41.5 Å². The van der Waals surface area contributed by atoms with Gasteiger partial charge in [-0.2, -0.15) is 22.0 Å². The maximum Gasteiger partial charge on any atom is 0.492 e. The molecule has 3 aromatic rings. The van der Waals surface area contributed by atoms with E-state index >= 15 is 8.78 Å². The number of ether oxygens (including phenoxy) is 1. The number of nitrogens with two attached hydrogens (primary N) is 1. The third-order valence-corrected chi connectivity index (χ3v) is 12.1. The zero-order valence-corrected chi connectivity index (χ0v) is 30.1. The number of rotatable bonds is 11. The molecule has 0 radical (unpaired) electrons. The third kappa shape index (κ3) is 8.48. The van der Waals surface area contributed by atoms with Crippen molar-refractivity contribution in [2.75, 3.05) is 6.61 Å². The number of hydrogen-bond donors (Lipinski definition) is 1. The van der Waals surface area contributed by atoms with E-state index in [4.69, 9.17) is 22.1 Å². The Kier molecular flexibility index (Phi) is 11.4. The number of nitrogens with zero attached hydrogens (tertiary/aromatic N) is 2. The Morgan fingerprint density at radius 2 is 1.38 bits per heavy atom. The van der Waals surface area contributed by atoms with Crippen molar-refractivity contribution in [2.45, 2.75) is 98.9 Å². The number of carbonyl (C=O) groups is 2. The Balaban J connectivity index is 1.41. The van der Waals surface area contributed by atoms with Crippen LogP contribution in [0.1, 0.15) is 63.4 Å². The fraction of sp³-hybridized carbons (Fsp3) is 0.459. The van der Waals surface area contributed by atoms with Crippen LogP contribution in [0.25, 0.3) is 11.1 Å². The van der Waals surface area contributed by atoms with Crippen molar-refractivity contribution >= 4 is 33.5 Å². The van der Waals surface area contributed by atoms with Crippen LogP contribution in [0.2, 0.25) is 5.02 Å². The van der Waals surface area contributed by atoms with Crippen LogP contribution in [0.15, 0.2) is 77.7 Å². The van der Waals surface area contributed by atoms with Crippen LogP contribution >= 0.6 is 11.6 Å². The molecule has 2 saturated heterocycles. The van der Waals surface area contributed by atoms with Gasteiger partial charge < -0.3 is 20.2 Å². The second kappa shape index (κ2) is 15.5. The van der Waals surface area contributed by atoms with Gasteiger partial charge in [-0.25, -0.2) is 13.2 Å². The molecule has 0 aromatic heterocycles. The fourth-order valence-electron chi connectivity index (χ4n) is 7.54. The van der Waals surface area contributed by atoms with Crippen molar-refractivity contribution in [3.63, 3.8) is 0 Å². The first-order valence-corrected chi connectivity index (χ1v) is 19.3. The average molecular weight is 784 g/mol. The molecule has 3 aliphatic rings. The molecule has 53 heavy (non-hydrogen) atoms. The minimum absolute atomic E-state index is 0.202. The van der Waals surface area contributed by atoms with E-state index in [2.05, 4.69) is 4.84 Å². The van der Waals surface area contributed by atoms with Gasteiger partial charge in [0, 0.05) is 28.7 Å². The molecule has 286 valence electrons. The van der Waals surface area contributed by atoms with Crippen LogP contribution in [-0.2, 0) is 30.4 Å². The molecular weight excluding hydrogens is 745 g/mol. The van der Waals surface area contributed by atoms with E-state index in [1.807, 2.05) is 0 Å². The monoisotopic (exact) mass is 783 g/mol. The smallest absolute Gasteiger partial charge is 0.492 e. The second-order valence-electron chi connectivity index (χ2n) is 13.9. The number of alkyl halides is 5. The fourth-order valence-corrected chi connectivity index (χ4v) is 9.02. The van der Waals surface area contributed by atoms with Gasteiger partial charge in [-0.05, 0) is 96.4 Å². The van der Waals surface area contributed by atoms with Crippen molar-refractivity contribution in [1.29, 1.82) is 0 Å². The molecule has 1 amide bonds. The lowest BCUT2D eigenvalue weighted by atomic mass is 9.90. The number of sulfonamides is 1. The third-order valence-electron chi connectivity index (χ3n) is 10.2. The number of fused-ring (bicyclic) bond motifs is 2. The Bertz CT molecular complexity index is 1860. The van der Waals surface area contributed by atoms with Crippen LogP contribution < -0.4 is 10.5 Å². The summed E-state index contributed by atoms with van der Waals surface area (Å²) in [7, 11) is -5.59. The van der Waals surface area contributed by atoms with Crippen molar-refractivity contribution in [3.05, 3.63) is 83.4 Å². The first-order valence-electron chi connectivity index (χ1n) is 17.4. The van der Waals surface area contributed by atoms with Crippen LogP contribution in [0.3, 0.4) is 0 Å². The molecule has 0 spiro atoms. The number of hydrogen-bond acceptors (Lipinski definition) is 7. The number of hydroxylamine groups is 1. The molecule has 3 aromatic carbocycles. The quantitative estimate of drug-likeness (QED) is 0.157. The number of carbonyl (C=O) groups excluding carboxylic acids is 2. The van der Waals surface area contributed by atoms with E-state index in [1.165, 1.54) is 24.3 Å². The van der Waals surface area contributed by atoms with E-state index in [1.54, 1.807) is 24.3 Å². The summed E-state index contributed by atoms with van der Waals surface area (Å²) in [5.74, 6) is -8.66. The predicted molar refractivity (Wildman–Crippen MR) is 185 cm³/mol. The molecule has 2 unspecified atom stereocenters. The highest BCUT2D eigenvalue weighted by molar-refractivity contribution is 7.89. The number of amides is 1. The molecule has 3 fully saturated rings. The van der Waals surface area contributed by atoms with E-state index in [9.17, 15) is 31.2 Å². The summed E-state index contributed by atoms with van der Waals surface area (Å²) in [5.41, 5.74) is 6.26. The normalized spacial score (nSPS) is 21.7. The van der Waals surface area contributed by atoms with Crippen LogP contribution in [0.4, 0.5) is 22.0 Å². The number of halogens is 6. The molecule has 3 atom stereocenters. The SMILES string of the molecule is NC1CC2CCC(C1)N2C(=O)[C@H](N(OC(=O)C(F)(F)F)S(=O)(=O)c1ccc(OCC2CCCCC2)cc1)C(F)(F)c1ccc(-c2ccc(Cl)cc2)cc1. The molecule has 2 aliphatic heterocycles. The summed E-state index contributed by atoms with van der Waals surface area (Å²) in [5, 5.41) is 0.433. The highest BCUT2D eigenvalue weighted by Crippen LogP contribution is 2.43. The standard InChI is InChI=1S/C37H39ClF5N3O6S/c38-27-12-8-25(9-13-27)24-6-10-26(11-7-24)36(39,40)33(34(47)45-29-14-15-30(45)21-28(44)20-29)46(52-35(48)37(41,42)43)53(49,50)32-18-16-31(17-19-32)51-22-23-4-2-1-3-5-23/h6-13,16-19,23,28-30,33H,1-5,14-15,20-22,44H2/t28?,29?,30?,33-/m0/s1. The number of piperidine rings is 1. The zero-order valence-electron chi connectivity index (χ0n) is 28.5. The highest BCUT2D eigenvalue weighted by Gasteiger charge is 2.60. The van der Waals surface area contributed by atoms with Gasteiger partial charge >= 0.3 is 18.1 Å². The van der Waals surface area contributed by atoms with E-state index < -0.39 is 67.1 Å². The molecule has 2 bridgehead atoms. The minimum atomic E-state index is -5.81. The molecule has 1 aliphatic carbocycles. The van der Waals surface area contributed by atoms with Crippen molar-refractivity contribution in [2.24, 2.45) is 11.7 Å².